The van der Waals surface area contributed by atoms with Gasteiger partial charge in [0.2, 0.25) is 12.7 Å². The zero-order valence-corrected chi connectivity index (χ0v) is 17.3. The largest absolute Gasteiger partial charge is 0.454 e. The van der Waals surface area contributed by atoms with Crippen molar-refractivity contribution in [2.45, 2.75) is 13.3 Å². The molecule has 0 saturated heterocycles. The van der Waals surface area contributed by atoms with E-state index in [0.717, 1.165) is 21.8 Å². The molecule has 3 aromatic rings. The minimum atomic E-state index is -0.337. The molecular weight excluding hydrogens is 402 g/mol. The van der Waals surface area contributed by atoms with Gasteiger partial charge in [-0.3, -0.25) is 9.59 Å². The van der Waals surface area contributed by atoms with Gasteiger partial charge < -0.3 is 20.1 Å². The van der Waals surface area contributed by atoms with Crippen LogP contribution in [0.2, 0.25) is 0 Å². The highest BCUT2D eigenvalue weighted by atomic mass is 32.1. The average molecular weight is 423 g/mol. The van der Waals surface area contributed by atoms with E-state index in [9.17, 15) is 9.59 Å². The second-order valence-corrected chi connectivity index (χ2v) is 7.86. The van der Waals surface area contributed by atoms with Gasteiger partial charge in [-0.1, -0.05) is 24.3 Å². The van der Waals surface area contributed by atoms with Gasteiger partial charge in [0.05, 0.1) is 17.2 Å². The quantitative estimate of drug-likeness (QED) is 0.610. The van der Waals surface area contributed by atoms with Gasteiger partial charge >= 0.3 is 0 Å². The molecule has 154 valence electrons. The van der Waals surface area contributed by atoms with Crippen molar-refractivity contribution < 1.29 is 19.1 Å². The van der Waals surface area contributed by atoms with Crippen LogP contribution >= 0.6 is 11.3 Å². The van der Waals surface area contributed by atoms with E-state index in [-0.39, 0.29) is 25.2 Å². The molecule has 30 heavy (non-hydrogen) atoms. The number of hydrogen-bond donors (Lipinski definition) is 2. The number of thiazole rings is 1. The van der Waals surface area contributed by atoms with Crippen LogP contribution in [0.3, 0.4) is 0 Å². The molecule has 4 rings (SSSR count). The topological polar surface area (TPSA) is 89.6 Å². The van der Waals surface area contributed by atoms with E-state index in [0.29, 0.717) is 30.0 Å². The molecule has 0 atom stereocenters. The third kappa shape index (κ3) is 4.77. The summed E-state index contributed by atoms with van der Waals surface area (Å²) in [5.41, 5.74) is 3.60. The number of benzene rings is 2. The summed E-state index contributed by atoms with van der Waals surface area (Å²) in [5, 5.41) is 8.52. The summed E-state index contributed by atoms with van der Waals surface area (Å²) in [5.74, 6) is 0.567. The Bertz CT molecular complexity index is 1060. The zero-order chi connectivity index (χ0) is 20.9. The van der Waals surface area contributed by atoms with Gasteiger partial charge in [-0.2, -0.15) is 0 Å². The Kier molecular flexibility index (Phi) is 5.94. The molecule has 2 amide bonds. The van der Waals surface area contributed by atoms with E-state index in [2.05, 4.69) is 15.6 Å². The van der Waals surface area contributed by atoms with E-state index in [1.54, 1.807) is 29.5 Å². The van der Waals surface area contributed by atoms with E-state index < -0.39 is 0 Å². The Morgan fingerprint density at radius 3 is 2.63 bits per heavy atom. The SMILES string of the molecule is Cc1nc(-c2ccc(CCNC(=O)CNC(=O)c3ccc4c(c3)OCO4)cc2)cs1. The predicted molar refractivity (Wildman–Crippen MR) is 114 cm³/mol. The summed E-state index contributed by atoms with van der Waals surface area (Å²) in [4.78, 5) is 28.7. The molecule has 1 aliphatic heterocycles. The molecule has 1 aromatic heterocycles. The van der Waals surface area contributed by atoms with Crippen LogP contribution < -0.4 is 20.1 Å². The normalized spacial score (nSPS) is 11.9. The molecule has 0 unspecified atom stereocenters. The van der Waals surface area contributed by atoms with Crippen LogP contribution in [0.25, 0.3) is 11.3 Å². The first kappa shape index (κ1) is 19.9. The summed E-state index contributed by atoms with van der Waals surface area (Å²) in [6.07, 6.45) is 0.707. The number of carbonyl (C=O) groups excluding carboxylic acids is 2. The Hall–Kier alpha value is -3.39. The van der Waals surface area contributed by atoms with Crippen LogP contribution in [0.4, 0.5) is 0 Å². The van der Waals surface area contributed by atoms with Crippen LogP contribution in [0.5, 0.6) is 11.5 Å². The van der Waals surface area contributed by atoms with Crippen molar-refractivity contribution in [3.63, 3.8) is 0 Å². The highest BCUT2D eigenvalue weighted by Gasteiger charge is 2.16. The average Bonchev–Trinajstić information content (AvgIpc) is 3.40. The van der Waals surface area contributed by atoms with Crippen molar-refractivity contribution in [2.24, 2.45) is 0 Å². The van der Waals surface area contributed by atoms with Crippen molar-refractivity contribution in [3.05, 3.63) is 64.0 Å². The number of aryl methyl sites for hydroxylation is 1. The molecule has 2 aromatic carbocycles. The minimum Gasteiger partial charge on any atom is -0.454 e. The number of carbonyl (C=O) groups is 2. The smallest absolute Gasteiger partial charge is 0.251 e. The predicted octanol–water partition coefficient (Wildman–Crippen LogP) is 2.94. The van der Waals surface area contributed by atoms with Gasteiger partial charge in [-0.15, -0.1) is 11.3 Å². The summed E-state index contributed by atoms with van der Waals surface area (Å²) in [6.45, 7) is 2.54. The van der Waals surface area contributed by atoms with Gasteiger partial charge in [0.25, 0.3) is 5.91 Å². The number of fused-ring (bicyclic) bond motifs is 1. The van der Waals surface area contributed by atoms with Crippen LogP contribution in [-0.2, 0) is 11.2 Å². The Balaban J connectivity index is 1.20. The number of ether oxygens (including phenoxy) is 2. The maximum atomic E-state index is 12.2. The first-order valence-corrected chi connectivity index (χ1v) is 10.4. The lowest BCUT2D eigenvalue weighted by atomic mass is 10.1. The Morgan fingerprint density at radius 1 is 1.07 bits per heavy atom. The van der Waals surface area contributed by atoms with Crippen molar-refractivity contribution in [3.8, 4) is 22.8 Å². The third-order valence-electron chi connectivity index (χ3n) is 4.65. The number of nitrogens with one attached hydrogen (secondary N) is 2. The minimum absolute atomic E-state index is 0.0879. The fourth-order valence-electron chi connectivity index (χ4n) is 3.05. The van der Waals surface area contributed by atoms with Crippen LogP contribution in [0.1, 0.15) is 20.9 Å². The molecule has 0 saturated carbocycles. The van der Waals surface area contributed by atoms with Gasteiger partial charge in [-0.05, 0) is 37.1 Å². The molecular formula is C22H21N3O4S. The highest BCUT2D eigenvalue weighted by Crippen LogP contribution is 2.32. The van der Waals surface area contributed by atoms with E-state index >= 15 is 0 Å². The molecule has 0 fully saturated rings. The summed E-state index contributed by atoms with van der Waals surface area (Å²) in [7, 11) is 0. The zero-order valence-electron chi connectivity index (χ0n) is 16.4. The monoisotopic (exact) mass is 423 g/mol. The van der Waals surface area contributed by atoms with Gasteiger partial charge in [0, 0.05) is 23.1 Å². The van der Waals surface area contributed by atoms with E-state index in [1.807, 2.05) is 36.6 Å². The first-order chi connectivity index (χ1) is 14.6. The lowest BCUT2D eigenvalue weighted by molar-refractivity contribution is -0.120. The maximum absolute atomic E-state index is 12.2. The van der Waals surface area contributed by atoms with Crippen molar-refractivity contribution in [1.82, 2.24) is 15.6 Å². The number of nitrogens with zero attached hydrogens (tertiary/aromatic N) is 1. The number of rotatable bonds is 7. The fourth-order valence-corrected chi connectivity index (χ4v) is 3.67. The summed E-state index contributed by atoms with van der Waals surface area (Å²) < 4.78 is 10.5. The van der Waals surface area contributed by atoms with Crippen LogP contribution in [-0.4, -0.2) is 36.7 Å². The molecule has 8 heteroatoms. The number of hydrogen-bond acceptors (Lipinski definition) is 6. The van der Waals surface area contributed by atoms with Crippen molar-refractivity contribution >= 4 is 23.2 Å². The molecule has 1 aliphatic rings. The van der Waals surface area contributed by atoms with E-state index in [1.165, 1.54) is 0 Å². The third-order valence-corrected chi connectivity index (χ3v) is 5.42. The number of amides is 2. The van der Waals surface area contributed by atoms with Gasteiger partial charge in [-0.25, -0.2) is 4.98 Å². The molecule has 0 radical (unpaired) electrons. The second-order valence-electron chi connectivity index (χ2n) is 6.80. The van der Waals surface area contributed by atoms with Gasteiger partial charge in [0.1, 0.15) is 0 Å². The Morgan fingerprint density at radius 2 is 1.87 bits per heavy atom. The summed E-state index contributed by atoms with van der Waals surface area (Å²) >= 11 is 1.63. The fraction of sp³-hybridized carbons (Fsp3) is 0.227. The Labute approximate surface area is 178 Å². The molecule has 2 heterocycles. The molecule has 0 aliphatic carbocycles. The maximum Gasteiger partial charge on any atom is 0.251 e. The van der Waals surface area contributed by atoms with Crippen LogP contribution in [0.15, 0.2) is 47.8 Å². The lowest BCUT2D eigenvalue weighted by Gasteiger charge is -2.08. The van der Waals surface area contributed by atoms with Gasteiger partial charge in [0.15, 0.2) is 11.5 Å². The van der Waals surface area contributed by atoms with Crippen molar-refractivity contribution in [1.29, 1.82) is 0 Å². The van der Waals surface area contributed by atoms with E-state index in [4.69, 9.17) is 9.47 Å². The molecule has 0 bridgehead atoms. The second kappa shape index (κ2) is 8.96. The summed E-state index contributed by atoms with van der Waals surface area (Å²) in [6, 6.07) is 13.1. The number of aromatic nitrogens is 1. The lowest BCUT2D eigenvalue weighted by Crippen LogP contribution is -2.37. The van der Waals surface area contributed by atoms with Crippen molar-refractivity contribution in [2.75, 3.05) is 19.9 Å². The molecule has 7 nitrogen and oxygen atoms in total. The highest BCUT2D eigenvalue weighted by molar-refractivity contribution is 7.09. The molecule has 2 N–H and O–H groups in total. The standard InChI is InChI=1S/C22H21N3O4S/c1-14-25-18(12-30-14)16-4-2-15(3-5-16)8-9-23-21(26)11-24-22(27)17-6-7-19-20(10-17)29-13-28-19/h2-7,10,12H,8-9,11,13H2,1H3,(H,23,26)(H,24,27). The first-order valence-electron chi connectivity index (χ1n) is 9.54. The molecule has 0 spiro atoms. The van der Waals surface area contributed by atoms with Crippen LogP contribution in [0, 0.1) is 6.92 Å².